The third-order valence-corrected chi connectivity index (χ3v) is 5.50. The number of amides is 2. The van der Waals surface area contributed by atoms with E-state index in [0.29, 0.717) is 37.6 Å². The molecule has 1 fully saturated rings. The van der Waals surface area contributed by atoms with Gasteiger partial charge in [0.05, 0.1) is 5.69 Å². The molecule has 2 aromatic carbocycles. The number of aromatic amines is 1. The number of H-pyrrole nitrogens is 1. The number of piperazine rings is 1. The first-order valence-corrected chi connectivity index (χ1v) is 10.1. The first-order chi connectivity index (χ1) is 14.4. The van der Waals surface area contributed by atoms with Crippen LogP contribution in [0.4, 0.5) is 8.78 Å². The van der Waals surface area contributed by atoms with Crippen LogP contribution in [0, 0.1) is 11.6 Å². The summed E-state index contributed by atoms with van der Waals surface area (Å²) in [6.45, 7) is 1.27. The Kier molecular flexibility index (Phi) is 5.63. The largest absolute Gasteiger partial charge is 0.335 e. The van der Waals surface area contributed by atoms with Gasteiger partial charge in [-0.1, -0.05) is 28.1 Å². The van der Waals surface area contributed by atoms with E-state index in [0.717, 1.165) is 22.2 Å². The van der Waals surface area contributed by atoms with Crippen LogP contribution in [0.1, 0.15) is 20.8 Å². The molecular formula is C21H17BrF2N4O2. The fourth-order valence-electron chi connectivity index (χ4n) is 3.29. The molecule has 0 spiro atoms. The fourth-order valence-corrected chi connectivity index (χ4v) is 3.56. The van der Waals surface area contributed by atoms with Crippen molar-refractivity contribution in [2.45, 2.75) is 0 Å². The number of hydrogen-bond donors (Lipinski definition) is 1. The lowest BCUT2D eigenvalue weighted by Gasteiger charge is -2.34. The van der Waals surface area contributed by atoms with Gasteiger partial charge in [-0.15, -0.1) is 0 Å². The van der Waals surface area contributed by atoms with Crippen LogP contribution in [0.15, 0.2) is 53.0 Å². The predicted octanol–water partition coefficient (Wildman–Crippen LogP) is 3.72. The van der Waals surface area contributed by atoms with E-state index in [1.807, 2.05) is 24.3 Å². The predicted molar refractivity (Wildman–Crippen MR) is 110 cm³/mol. The third-order valence-electron chi connectivity index (χ3n) is 4.97. The summed E-state index contributed by atoms with van der Waals surface area (Å²) in [6, 6.07) is 12.4. The Bertz CT molecular complexity index is 1090. The maximum atomic E-state index is 13.4. The highest BCUT2D eigenvalue weighted by Crippen LogP contribution is 2.21. The molecule has 0 atom stereocenters. The van der Waals surface area contributed by atoms with Crippen molar-refractivity contribution in [3.05, 3.63) is 75.9 Å². The minimum absolute atomic E-state index is 0.0846. The Morgan fingerprint density at radius 2 is 1.50 bits per heavy atom. The van der Waals surface area contributed by atoms with Gasteiger partial charge >= 0.3 is 0 Å². The minimum Gasteiger partial charge on any atom is -0.335 e. The van der Waals surface area contributed by atoms with Crippen LogP contribution in [-0.4, -0.2) is 58.0 Å². The van der Waals surface area contributed by atoms with Crippen molar-refractivity contribution in [3.63, 3.8) is 0 Å². The summed E-state index contributed by atoms with van der Waals surface area (Å²) in [5.74, 6) is -2.65. The first-order valence-electron chi connectivity index (χ1n) is 9.27. The highest BCUT2D eigenvalue weighted by Gasteiger charge is 2.27. The monoisotopic (exact) mass is 474 g/mol. The van der Waals surface area contributed by atoms with Crippen molar-refractivity contribution < 1.29 is 18.4 Å². The van der Waals surface area contributed by atoms with E-state index in [-0.39, 0.29) is 17.4 Å². The molecular weight excluding hydrogens is 458 g/mol. The van der Waals surface area contributed by atoms with Gasteiger partial charge in [0, 0.05) is 41.8 Å². The smallest absolute Gasteiger partial charge is 0.272 e. The number of nitrogens with one attached hydrogen (secondary N) is 1. The fraction of sp³-hybridized carbons (Fsp3) is 0.190. The van der Waals surface area contributed by atoms with Gasteiger partial charge in [0.15, 0.2) is 11.6 Å². The molecule has 0 saturated carbocycles. The standard InChI is InChI=1S/C21H17BrF2N4O2/c22-15-4-1-13(2-5-15)18-12-19(26-25-18)21(30)28-9-7-27(8-10-28)20(29)14-3-6-16(23)17(24)11-14/h1-6,11-12H,7-10H2,(H,25,26). The summed E-state index contributed by atoms with van der Waals surface area (Å²) in [7, 11) is 0. The van der Waals surface area contributed by atoms with Crippen LogP contribution < -0.4 is 0 Å². The van der Waals surface area contributed by atoms with E-state index in [1.54, 1.807) is 11.0 Å². The third kappa shape index (κ3) is 4.11. The lowest BCUT2D eigenvalue weighted by molar-refractivity contribution is 0.0532. The van der Waals surface area contributed by atoms with E-state index in [9.17, 15) is 18.4 Å². The van der Waals surface area contributed by atoms with Crippen molar-refractivity contribution in [2.75, 3.05) is 26.2 Å². The average molecular weight is 475 g/mol. The molecule has 2 heterocycles. The van der Waals surface area contributed by atoms with Gasteiger partial charge < -0.3 is 9.80 Å². The molecule has 1 aliphatic heterocycles. The van der Waals surface area contributed by atoms with E-state index in [4.69, 9.17) is 0 Å². The van der Waals surface area contributed by atoms with Crippen LogP contribution in [0.2, 0.25) is 0 Å². The van der Waals surface area contributed by atoms with E-state index in [2.05, 4.69) is 26.1 Å². The van der Waals surface area contributed by atoms with Gasteiger partial charge in [0.25, 0.3) is 11.8 Å². The second kappa shape index (κ2) is 8.35. The van der Waals surface area contributed by atoms with Crippen molar-refractivity contribution in [1.29, 1.82) is 0 Å². The van der Waals surface area contributed by atoms with Crippen LogP contribution in [0.25, 0.3) is 11.3 Å². The number of hydrogen-bond acceptors (Lipinski definition) is 3. The number of aromatic nitrogens is 2. The molecule has 154 valence electrons. The second-order valence-electron chi connectivity index (χ2n) is 6.89. The Morgan fingerprint density at radius 1 is 0.867 bits per heavy atom. The summed E-state index contributed by atoms with van der Waals surface area (Å²) >= 11 is 3.38. The molecule has 1 aliphatic rings. The van der Waals surface area contributed by atoms with E-state index >= 15 is 0 Å². The van der Waals surface area contributed by atoms with Crippen molar-refractivity contribution in [3.8, 4) is 11.3 Å². The number of rotatable bonds is 3. The number of carbonyl (C=O) groups excluding carboxylic acids is 2. The normalized spacial score (nSPS) is 14.1. The minimum atomic E-state index is -1.06. The zero-order valence-electron chi connectivity index (χ0n) is 15.7. The van der Waals surface area contributed by atoms with Gasteiger partial charge in [-0.3, -0.25) is 14.7 Å². The molecule has 30 heavy (non-hydrogen) atoms. The Morgan fingerprint density at radius 3 is 2.13 bits per heavy atom. The topological polar surface area (TPSA) is 69.3 Å². The molecule has 1 N–H and O–H groups in total. The maximum Gasteiger partial charge on any atom is 0.272 e. The number of halogens is 3. The second-order valence-corrected chi connectivity index (χ2v) is 7.80. The van der Waals surface area contributed by atoms with E-state index in [1.165, 1.54) is 11.0 Å². The molecule has 0 radical (unpaired) electrons. The van der Waals surface area contributed by atoms with Crippen molar-refractivity contribution in [1.82, 2.24) is 20.0 Å². The van der Waals surface area contributed by atoms with Gasteiger partial charge in [-0.25, -0.2) is 8.78 Å². The summed E-state index contributed by atoms with van der Waals surface area (Å²) in [6.07, 6.45) is 0. The molecule has 1 aromatic heterocycles. The number of nitrogens with zero attached hydrogens (tertiary/aromatic N) is 3. The molecule has 0 unspecified atom stereocenters. The van der Waals surface area contributed by atoms with Crippen LogP contribution in [0.3, 0.4) is 0 Å². The maximum absolute atomic E-state index is 13.4. The molecule has 0 aliphatic carbocycles. The van der Waals surface area contributed by atoms with Crippen LogP contribution in [0.5, 0.6) is 0 Å². The summed E-state index contributed by atoms with van der Waals surface area (Å²) in [5.41, 5.74) is 2.00. The molecule has 4 rings (SSSR count). The molecule has 2 amide bonds. The Hall–Kier alpha value is -3.07. The lowest BCUT2D eigenvalue weighted by atomic mass is 10.1. The van der Waals surface area contributed by atoms with E-state index < -0.39 is 11.6 Å². The van der Waals surface area contributed by atoms with Crippen molar-refractivity contribution in [2.24, 2.45) is 0 Å². The number of carbonyl (C=O) groups is 2. The van der Waals surface area contributed by atoms with Gasteiger partial charge in [0.2, 0.25) is 0 Å². The average Bonchev–Trinajstić information content (AvgIpc) is 3.25. The molecule has 6 nitrogen and oxygen atoms in total. The van der Waals surface area contributed by atoms with Gasteiger partial charge in [-0.05, 0) is 36.4 Å². The summed E-state index contributed by atoms with van der Waals surface area (Å²) < 4.78 is 27.4. The zero-order chi connectivity index (χ0) is 21.3. The zero-order valence-corrected chi connectivity index (χ0v) is 17.3. The molecule has 3 aromatic rings. The SMILES string of the molecule is O=C(c1ccc(F)c(F)c1)N1CCN(C(=O)c2cc(-c3ccc(Br)cc3)n[nH]2)CC1. The number of benzene rings is 2. The van der Waals surface area contributed by atoms with Crippen LogP contribution in [-0.2, 0) is 0 Å². The molecule has 9 heteroatoms. The summed E-state index contributed by atoms with van der Waals surface area (Å²) in [4.78, 5) is 28.4. The van der Waals surface area contributed by atoms with Gasteiger partial charge in [-0.2, -0.15) is 5.10 Å². The van der Waals surface area contributed by atoms with Gasteiger partial charge in [0.1, 0.15) is 5.69 Å². The quantitative estimate of drug-likeness (QED) is 0.628. The Balaban J connectivity index is 1.39. The Labute approximate surface area is 179 Å². The molecule has 0 bridgehead atoms. The lowest BCUT2D eigenvalue weighted by Crippen LogP contribution is -2.50. The van der Waals surface area contributed by atoms with Crippen LogP contribution >= 0.6 is 15.9 Å². The summed E-state index contributed by atoms with van der Waals surface area (Å²) in [5, 5.41) is 6.99. The first kappa shape index (κ1) is 20.2. The highest BCUT2D eigenvalue weighted by molar-refractivity contribution is 9.10. The van der Waals surface area contributed by atoms with Crippen molar-refractivity contribution >= 4 is 27.7 Å². The highest BCUT2D eigenvalue weighted by atomic mass is 79.9. The molecule has 1 saturated heterocycles.